The Morgan fingerprint density at radius 1 is 0.949 bits per heavy atom. The van der Waals surface area contributed by atoms with Crippen molar-refractivity contribution < 1.29 is 24.0 Å². The number of amides is 5. The van der Waals surface area contributed by atoms with Crippen molar-refractivity contribution in [2.24, 2.45) is 29.1 Å². The molecule has 10 nitrogen and oxygen atoms in total. The summed E-state index contributed by atoms with van der Waals surface area (Å²) in [5, 5.41) is 11.1. The molecule has 1 heterocycles. The van der Waals surface area contributed by atoms with Crippen molar-refractivity contribution >= 4 is 29.5 Å². The topological polar surface area (TPSA) is 137 Å². The molecular weight excluding hydrogens is 498 g/mol. The Morgan fingerprint density at radius 3 is 2.15 bits per heavy atom. The Kier molecular flexibility index (Phi) is 8.34. The second-order valence-corrected chi connectivity index (χ2v) is 13.8. The van der Waals surface area contributed by atoms with Crippen molar-refractivity contribution in [3.8, 4) is 0 Å². The van der Waals surface area contributed by atoms with Gasteiger partial charge in [-0.05, 0) is 69.1 Å². The number of likely N-dealkylation sites (tertiary alicyclic amines) is 1. The molecular formula is C29H47N5O5. The van der Waals surface area contributed by atoms with Crippen LogP contribution in [0.25, 0.3) is 0 Å². The van der Waals surface area contributed by atoms with E-state index in [1.807, 2.05) is 20.8 Å². The zero-order valence-electron chi connectivity index (χ0n) is 24.4. The molecule has 1 aliphatic heterocycles. The Bertz CT molecular complexity index is 995. The van der Waals surface area contributed by atoms with Crippen molar-refractivity contribution in [2.75, 3.05) is 13.6 Å². The third-order valence-corrected chi connectivity index (χ3v) is 9.27. The van der Waals surface area contributed by atoms with Crippen LogP contribution in [0.2, 0.25) is 0 Å². The molecule has 0 spiro atoms. The van der Waals surface area contributed by atoms with Crippen LogP contribution in [-0.4, -0.2) is 71.7 Å². The van der Waals surface area contributed by atoms with Crippen LogP contribution in [0.5, 0.6) is 0 Å². The molecule has 5 unspecified atom stereocenters. The van der Waals surface area contributed by atoms with Gasteiger partial charge >= 0.3 is 6.03 Å². The van der Waals surface area contributed by atoms with E-state index in [1.165, 1.54) is 7.05 Å². The molecule has 218 valence electrons. The zero-order chi connectivity index (χ0) is 28.7. The molecule has 4 aliphatic rings. The molecule has 0 aromatic carbocycles. The van der Waals surface area contributed by atoms with Gasteiger partial charge in [0.1, 0.15) is 12.1 Å². The van der Waals surface area contributed by atoms with Crippen LogP contribution in [0.15, 0.2) is 0 Å². The van der Waals surface area contributed by atoms with Gasteiger partial charge in [0.25, 0.3) is 5.91 Å². The Balaban J connectivity index is 1.55. The van der Waals surface area contributed by atoms with E-state index in [4.69, 9.17) is 0 Å². The van der Waals surface area contributed by atoms with Gasteiger partial charge in [-0.3, -0.25) is 19.2 Å². The second-order valence-electron chi connectivity index (χ2n) is 13.8. The first-order valence-electron chi connectivity index (χ1n) is 14.7. The number of hydrogen-bond donors (Lipinski definition) is 4. The molecule has 39 heavy (non-hydrogen) atoms. The summed E-state index contributed by atoms with van der Waals surface area (Å²) in [7, 11) is 1.40. The summed E-state index contributed by atoms with van der Waals surface area (Å²) < 4.78 is 0. The first-order valence-corrected chi connectivity index (χ1v) is 14.7. The molecule has 3 saturated carbocycles. The number of hydrogen-bond acceptors (Lipinski definition) is 5. The maximum absolute atomic E-state index is 14.2. The molecule has 0 aromatic heterocycles. The van der Waals surface area contributed by atoms with Crippen LogP contribution in [0, 0.1) is 29.1 Å². The van der Waals surface area contributed by atoms with Crippen molar-refractivity contribution in [1.29, 1.82) is 0 Å². The normalized spacial score (nSPS) is 27.5. The average Bonchev–Trinajstić information content (AvgIpc) is 3.72. The van der Waals surface area contributed by atoms with Gasteiger partial charge in [-0.15, -0.1) is 0 Å². The van der Waals surface area contributed by atoms with Gasteiger partial charge in [0.2, 0.25) is 17.6 Å². The van der Waals surface area contributed by atoms with Crippen LogP contribution in [0.3, 0.4) is 0 Å². The first kappa shape index (κ1) is 29.3. The fraction of sp³-hybridized carbons (Fsp3) is 0.828. The lowest BCUT2D eigenvalue weighted by atomic mass is 9.83. The van der Waals surface area contributed by atoms with Crippen molar-refractivity contribution in [3.05, 3.63) is 0 Å². The van der Waals surface area contributed by atoms with Crippen molar-refractivity contribution in [1.82, 2.24) is 26.2 Å². The third kappa shape index (κ3) is 6.57. The van der Waals surface area contributed by atoms with E-state index in [-0.39, 0.29) is 35.0 Å². The molecule has 3 aliphatic carbocycles. The maximum atomic E-state index is 14.2. The van der Waals surface area contributed by atoms with Crippen molar-refractivity contribution in [3.63, 3.8) is 0 Å². The minimum absolute atomic E-state index is 0.00283. The number of rotatable bonds is 9. The Labute approximate surface area is 232 Å². The van der Waals surface area contributed by atoms with E-state index in [2.05, 4.69) is 35.1 Å². The SMILES string of the molecule is CNC(=O)C(=O)C(CC1CC1)NC(=O)C1C2C(CN1C(=O)C(NC(=O)NC(C)(C)C)C1CCCCC1)C2(C)C. The van der Waals surface area contributed by atoms with Gasteiger partial charge in [0, 0.05) is 19.1 Å². The molecule has 4 rings (SSSR count). The minimum atomic E-state index is -0.910. The summed E-state index contributed by atoms with van der Waals surface area (Å²) in [5.41, 5.74) is -0.563. The number of Topliss-reactive ketones (excluding diaryl/α,β-unsaturated/α-hetero) is 1. The molecule has 0 radical (unpaired) electrons. The summed E-state index contributed by atoms with van der Waals surface area (Å²) in [6, 6.07) is -2.76. The fourth-order valence-electron chi connectivity index (χ4n) is 6.82. The smallest absolute Gasteiger partial charge is 0.315 e. The summed E-state index contributed by atoms with van der Waals surface area (Å²) in [5.74, 6) is -1.54. The highest BCUT2D eigenvalue weighted by Crippen LogP contribution is 2.65. The molecule has 0 bridgehead atoms. The highest BCUT2D eigenvalue weighted by atomic mass is 16.2. The predicted octanol–water partition coefficient (Wildman–Crippen LogP) is 2.12. The summed E-state index contributed by atoms with van der Waals surface area (Å²) in [6.07, 6.45) is 7.19. The third-order valence-electron chi connectivity index (χ3n) is 9.27. The largest absolute Gasteiger partial charge is 0.353 e. The number of nitrogens with one attached hydrogen (secondary N) is 4. The standard InChI is InChI=1S/C29H47N5O5/c1-28(2,3)33-27(39)32-21(17-10-8-7-9-11-17)26(38)34-15-18-20(29(18,4)5)22(34)24(36)31-19(14-16-12-13-16)23(35)25(37)30-6/h16-22H,7-15H2,1-6H3,(H,30,37)(H,31,36)(H2,32,33,39). The lowest BCUT2D eigenvalue weighted by Crippen LogP contribution is -2.61. The molecule has 0 aromatic rings. The number of piperidine rings is 1. The minimum Gasteiger partial charge on any atom is -0.353 e. The first-order chi connectivity index (χ1) is 18.2. The maximum Gasteiger partial charge on any atom is 0.315 e. The van der Waals surface area contributed by atoms with Crippen molar-refractivity contribution in [2.45, 2.75) is 110 Å². The average molecular weight is 546 g/mol. The predicted molar refractivity (Wildman–Crippen MR) is 146 cm³/mol. The molecule has 5 amide bonds. The van der Waals surface area contributed by atoms with Gasteiger partial charge < -0.3 is 26.2 Å². The van der Waals surface area contributed by atoms with E-state index < -0.39 is 41.4 Å². The van der Waals surface area contributed by atoms with Crippen LogP contribution in [0.1, 0.15) is 86.0 Å². The van der Waals surface area contributed by atoms with E-state index in [1.54, 1.807) is 4.90 Å². The van der Waals surface area contributed by atoms with Crippen LogP contribution < -0.4 is 21.3 Å². The number of carbonyl (C=O) groups excluding carboxylic acids is 5. The van der Waals surface area contributed by atoms with E-state index >= 15 is 0 Å². The highest BCUT2D eigenvalue weighted by Gasteiger charge is 2.69. The number of likely N-dealkylation sites (N-methyl/N-ethyl adjacent to an activating group) is 1. The van der Waals surface area contributed by atoms with Gasteiger partial charge in [-0.2, -0.15) is 0 Å². The number of urea groups is 1. The summed E-state index contributed by atoms with van der Waals surface area (Å²) in [4.78, 5) is 67.5. The lowest BCUT2D eigenvalue weighted by Gasteiger charge is -2.37. The Hall–Kier alpha value is -2.65. The van der Waals surface area contributed by atoms with Gasteiger partial charge in [0.05, 0.1) is 6.04 Å². The second kappa shape index (κ2) is 11.1. The molecule has 5 atom stereocenters. The number of nitrogens with zero attached hydrogens (tertiary/aromatic N) is 1. The molecule has 4 fully saturated rings. The van der Waals surface area contributed by atoms with E-state index in [0.717, 1.165) is 44.9 Å². The van der Waals surface area contributed by atoms with E-state index in [9.17, 15) is 24.0 Å². The molecule has 10 heteroatoms. The fourth-order valence-corrected chi connectivity index (χ4v) is 6.82. The van der Waals surface area contributed by atoms with Crippen LogP contribution >= 0.6 is 0 Å². The van der Waals surface area contributed by atoms with Gasteiger partial charge in [-0.25, -0.2) is 4.79 Å². The Morgan fingerprint density at radius 2 is 1.59 bits per heavy atom. The number of ketones is 1. The quantitative estimate of drug-likeness (QED) is 0.329. The van der Waals surface area contributed by atoms with Crippen LogP contribution in [-0.2, 0) is 19.2 Å². The summed E-state index contributed by atoms with van der Waals surface area (Å²) >= 11 is 0. The van der Waals surface area contributed by atoms with Gasteiger partial charge in [-0.1, -0.05) is 46.0 Å². The molecule has 1 saturated heterocycles. The highest BCUT2D eigenvalue weighted by molar-refractivity contribution is 6.38. The lowest BCUT2D eigenvalue weighted by molar-refractivity contribution is -0.144. The van der Waals surface area contributed by atoms with Crippen LogP contribution in [0.4, 0.5) is 4.79 Å². The number of fused-ring (bicyclic) bond motifs is 1. The zero-order valence-corrected chi connectivity index (χ0v) is 24.4. The summed E-state index contributed by atoms with van der Waals surface area (Å²) in [6.45, 7) is 10.3. The van der Waals surface area contributed by atoms with Gasteiger partial charge in [0.15, 0.2) is 0 Å². The van der Waals surface area contributed by atoms with E-state index in [0.29, 0.717) is 18.9 Å². The monoisotopic (exact) mass is 545 g/mol. The number of carbonyl (C=O) groups is 5. The molecule has 4 N–H and O–H groups in total.